The van der Waals surface area contributed by atoms with Gasteiger partial charge in [0.25, 0.3) is 5.91 Å². The molecule has 3 aromatic rings. The van der Waals surface area contributed by atoms with Gasteiger partial charge in [-0.3, -0.25) is 9.59 Å². The third-order valence-electron chi connectivity index (χ3n) is 3.65. The summed E-state index contributed by atoms with van der Waals surface area (Å²) in [6, 6.07) is 10.0. The van der Waals surface area contributed by atoms with E-state index in [1.807, 2.05) is 0 Å². The number of nitrogens with one attached hydrogen (secondary N) is 2. The fraction of sp³-hybridized carbons (Fsp3) is 0.0526. The second-order valence-corrected chi connectivity index (χ2v) is 5.60. The molecule has 0 radical (unpaired) electrons. The van der Waals surface area contributed by atoms with Gasteiger partial charge in [-0.2, -0.15) is 0 Å². The zero-order chi connectivity index (χ0) is 19.4. The second-order valence-electron chi connectivity index (χ2n) is 5.60. The highest BCUT2D eigenvalue weighted by Gasteiger charge is 2.14. The van der Waals surface area contributed by atoms with E-state index in [0.717, 1.165) is 12.1 Å². The van der Waals surface area contributed by atoms with E-state index in [0.29, 0.717) is 17.1 Å². The number of benzene rings is 2. The molecule has 0 saturated carbocycles. The minimum Gasteiger partial charge on any atom is -0.339 e. The topological polar surface area (TPSA) is 84.0 Å². The highest BCUT2D eigenvalue weighted by atomic mass is 19.1. The molecule has 27 heavy (non-hydrogen) atoms. The van der Waals surface area contributed by atoms with E-state index in [9.17, 15) is 18.4 Å². The van der Waals surface area contributed by atoms with Crippen molar-refractivity contribution in [3.8, 4) is 0 Å². The summed E-state index contributed by atoms with van der Waals surface area (Å²) < 4.78 is 27.2. The molecule has 0 aliphatic carbocycles. The van der Waals surface area contributed by atoms with E-state index >= 15 is 0 Å². The van der Waals surface area contributed by atoms with Crippen LogP contribution in [0.5, 0.6) is 0 Å². The van der Waals surface area contributed by atoms with Crippen molar-refractivity contribution in [3.63, 3.8) is 0 Å². The molecule has 136 valence electrons. The van der Waals surface area contributed by atoms with Gasteiger partial charge in [0.05, 0.1) is 12.4 Å². The van der Waals surface area contributed by atoms with Crippen molar-refractivity contribution in [2.24, 2.45) is 0 Å². The quantitative estimate of drug-likeness (QED) is 0.666. The molecule has 1 amide bonds. The Morgan fingerprint density at radius 1 is 0.926 bits per heavy atom. The van der Waals surface area contributed by atoms with Crippen molar-refractivity contribution >= 4 is 28.9 Å². The lowest BCUT2D eigenvalue weighted by Crippen LogP contribution is -2.16. The molecular weight excluding hydrogens is 354 g/mol. The van der Waals surface area contributed by atoms with E-state index in [2.05, 4.69) is 20.6 Å². The van der Waals surface area contributed by atoms with Gasteiger partial charge in [0.1, 0.15) is 28.8 Å². The van der Waals surface area contributed by atoms with Gasteiger partial charge < -0.3 is 10.6 Å². The van der Waals surface area contributed by atoms with Crippen molar-refractivity contribution in [1.29, 1.82) is 0 Å². The minimum absolute atomic E-state index is 0.0389. The molecule has 2 aromatic carbocycles. The van der Waals surface area contributed by atoms with E-state index < -0.39 is 23.2 Å². The van der Waals surface area contributed by atoms with Crippen LogP contribution in [0.2, 0.25) is 0 Å². The Morgan fingerprint density at radius 2 is 1.59 bits per heavy atom. The van der Waals surface area contributed by atoms with Crippen LogP contribution in [0.25, 0.3) is 0 Å². The molecule has 0 saturated heterocycles. The van der Waals surface area contributed by atoms with E-state index in [1.54, 1.807) is 24.3 Å². The van der Waals surface area contributed by atoms with Crippen molar-refractivity contribution in [3.05, 3.63) is 77.8 Å². The molecule has 0 atom stereocenters. The van der Waals surface area contributed by atoms with E-state index in [-0.39, 0.29) is 11.5 Å². The van der Waals surface area contributed by atoms with Gasteiger partial charge in [-0.1, -0.05) is 6.07 Å². The maximum absolute atomic E-state index is 13.6. The molecule has 0 aliphatic rings. The molecular formula is C19H14F2N4O2. The number of para-hydroxylation sites is 1. The van der Waals surface area contributed by atoms with Crippen molar-refractivity contribution < 1.29 is 18.4 Å². The van der Waals surface area contributed by atoms with Crippen LogP contribution in [-0.2, 0) is 0 Å². The molecule has 0 spiro atoms. The van der Waals surface area contributed by atoms with Gasteiger partial charge >= 0.3 is 0 Å². The van der Waals surface area contributed by atoms with Crippen molar-refractivity contribution in [2.75, 3.05) is 10.6 Å². The van der Waals surface area contributed by atoms with Crippen LogP contribution < -0.4 is 10.6 Å². The number of ketones is 1. The summed E-state index contributed by atoms with van der Waals surface area (Å²) in [4.78, 5) is 31.3. The molecule has 6 nitrogen and oxygen atoms in total. The molecule has 0 aliphatic heterocycles. The first-order valence-electron chi connectivity index (χ1n) is 7.89. The molecule has 1 aromatic heterocycles. The zero-order valence-electron chi connectivity index (χ0n) is 14.2. The largest absolute Gasteiger partial charge is 0.339 e. The Balaban J connectivity index is 1.69. The molecule has 2 N–H and O–H groups in total. The first-order valence-corrected chi connectivity index (χ1v) is 7.89. The average molecular weight is 368 g/mol. The predicted molar refractivity (Wildman–Crippen MR) is 96.1 cm³/mol. The standard InChI is InChI=1S/C19H14F2N4O2/c1-11(26)12-5-7-13(8-6-12)24-17-10-22-16(9-23-17)19(27)25-18-14(20)3-2-4-15(18)21/h2-10H,1H3,(H,23,24)(H,25,27). The third kappa shape index (κ3) is 4.30. The summed E-state index contributed by atoms with van der Waals surface area (Å²) >= 11 is 0. The summed E-state index contributed by atoms with van der Waals surface area (Å²) in [6.07, 6.45) is 2.49. The molecule has 8 heteroatoms. The van der Waals surface area contributed by atoms with Gasteiger partial charge in [0.15, 0.2) is 5.78 Å². The Hall–Kier alpha value is -3.68. The number of Topliss-reactive ketones (excluding diaryl/α,β-unsaturated/α-hetero) is 1. The smallest absolute Gasteiger partial charge is 0.276 e. The van der Waals surface area contributed by atoms with E-state index in [1.165, 1.54) is 25.4 Å². The Bertz CT molecular complexity index is 969. The first-order chi connectivity index (χ1) is 12.9. The molecule has 0 bridgehead atoms. The number of halogens is 2. The zero-order valence-corrected chi connectivity index (χ0v) is 14.2. The number of rotatable bonds is 5. The molecule has 3 rings (SSSR count). The average Bonchev–Trinajstić information content (AvgIpc) is 2.66. The van der Waals surface area contributed by atoms with Crippen LogP contribution >= 0.6 is 0 Å². The number of carbonyl (C=O) groups is 2. The SMILES string of the molecule is CC(=O)c1ccc(Nc2cnc(C(=O)Nc3c(F)cccc3F)cn2)cc1. The van der Waals surface area contributed by atoms with Crippen LogP contribution in [0.3, 0.4) is 0 Å². The highest BCUT2D eigenvalue weighted by molar-refractivity contribution is 6.02. The maximum atomic E-state index is 13.6. The van der Waals surface area contributed by atoms with Gasteiger partial charge in [-0.25, -0.2) is 18.7 Å². The fourth-order valence-corrected chi connectivity index (χ4v) is 2.24. The number of aromatic nitrogens is 2. The van der Waals surface area contributed by atoms with Crippen LogP contribution in [0.15, 0.2) is 54.9 Å². The van der Waals surface area contributed by atoms with Crippen LogP contribution in [0.4, 0.5) is 26.0 Å². The summed E-state index contributed by atoms with van der Waals surface area (Å²) in [5, 5.41) is 5.10. The third-order valence-corrected chi connectivity index (χ3v) is 3.65. The summed E-state index contributed by atoms with van der Waals surface area (Å²) in [6.45, 7) is 1.48. The number of hydrogen-bond donors (Lipinski definition) is 2. The van der Waals surface area contributed by atoms with Crippen LogP contribution in [-0.4, -0.2) is 21.7 Å². The molecule has 0 fully saturated rings. The lowest BCUT2D eigenvalue weighted by molar-refractivity contribution is 0.101. The lowest BCUT2D eigenvalue weighted by atomic mass is 10.1. The van der Waals surface area contributed by atoms with Crippen LogP contribution in [0.1, 0.15) is 27.8 Å². The highest BCUT2D eigenvalue weighted by Crippen LogP contribution is 2.19. The number of nitrogens with zero attached hydrogens (tertiary/aromatic N) is 2. The van der Waals surface area contributed by atoms with Gasteiger partial charge in [-0.05, 0) is 43.3 Å². The number of hydrogen-bond acceptors (Lipinski definition) is 5. The van der Waals surface area contributed by atoms with E-state index in [4.69, 9.17) is 0 Å². The Labute approximate surface area is 153 Å². The van der Waals surface area contributed by atoms with Crippen molar-refractivity contribution in [2.45, 2.75) is 6.92 Å². The van der Waals surface area contributed by atoms with Gasteiger partial charge in [0, 0.05) is 11.3 Å². The first kappa shape index (κ1) is 18.1. The maximum Gasteiger partial charge on any atom is 0.276 e. The minimum atomic E-state index is -0.886. The second kappa shape index (κ2) is 7.69. The molecule has 0 unspecified atom stereocenters. The predicted octanol–water partition coefficient (Wildman–Crippen LogP) is 3.95. The number of amides is 1. The lowest BCUT2D eigenvalue weighted by Gasteiger charge is -2.08. The number of carbonyl (C=O) groups excluding carboxylic acids is 2. The van der Waals surface area contributed by atoms with Crippen molar-refractivity contribution in [1.82, 2.24) is 9.97 Å². The summed E-state index contributed by atoms with van der Waals surface area (Å²) in [5.41, 5.74) is 0.617. The Morgan fingerprint density at radius 3 is 2.15 bits per heavy atom. The Kier molecular flexibility index (Phi) is 5.16. The molecule has 1 heterocycles. The fourth-order valence-electron chi connectivity index (χ4n) is 2.24. The van der Waals surface area contributed by atoms with Crippen LogP contribution in [0, 0.1) is 11.6 Å². The van der Waals surface area contributed by atoms with Gasteiger partial charge in [0.2, 0.25) is 0 Å². The normalized spacial score (nSPS) is 10.3. The van der Waals surface area contributed by atoms with Gasteiger partial charge in [-0.15, -0.1) is 0 Å². The summed E-state index contributed by atoms with van der Waals surface area (Å²) in [5.74, 6) is -2.24. The number of anilines is 3. The monoisotopic (exact) mass is 368 g/mol. The summed E-state index contributed by atoms with van der Waals surface area (Å²) in [7, 11) is 0.